The molecule has 0 bridgehead atoms. The van der Waals surface area contributed by atoms with E-state index < -0.39 is 11.8 Å². The molecule has 0 spiro atoms. The van der Waals surface area contributed by atoms with Crippen molar-refractivity contribution in [2.45, 2.75) is 9.92 Å². The molecule has 1 heterocycles. The molecule has 2 amide bonds. The van der Waals surface area contributed by atoms with Crippen molar-refractivity contribution in [3.8, 4) is 16.9 Å². The Kier molecular flexibility index (Phi) is 7.35. The van der Waals surface area contributed by atoms with Crippen LogP contribution >= 0.6 is 11.8 Å². The first kappa shape index (κ1) is 22.1. The zero-order chi connectivity index (χ0) is 22.9. The summed E-state index contributed by atoms with van der Waals surface area (Å²) in [6.07, 6.45) is 1.62. The van der Waals surface area contributed by atoms with Gasteiger partial charge in [-0.2, -0.15) is 0 Å². The van der Waals surface area contributed by atoms with Crippen molar-refractivity contribution < 1.29 is 14.3 Å². The first-order chi connectivity index (χ1) is 16.2. The van der Waals surface area contributed by atoms with E-state index in [1.165, 1.54) is 11.8 Å². The highest BCUT2D eigenvalue weighted by Gasteiger charge is 2.15. The number of nitrogens with zero attached hydrogens (tertiary/aromatic N) is 1. The Morgan fingerprint density at radius 2 is 1.48 bits per heavy atom. The maximum atomic E-state index is 12.7. The largest absolute Gasteiger partial charge is 0.483 e. The van der Waals surface area contributed by atoms with Crippen LogP contribution in [0.15, 0.2) is 113 Å². The number of para-hydroxylation sites is 1. The van der Waals surface area contributed by atoms with Crippen LogP contribution < -0.4 is 15.6 Å². The molecule has 164 valence electrons. The summed E-state index contributed by atoms with van der Waals surface area (Å²) in [7, 11) is 0. The van der Waals surface area contributed by atoms with Crippen molar-refractivity contribution in [2.75, 3.05) is 6.61 Å². The third-order valence-corrected chi connectivity index (χ3v) is 5.65. The standard InChI is InChI=1S/C26H21N3O3S/c30-24(18-32-23-16-8-7-14-21(23)19-10-3-1-4-11-19)28-29-25(31)22-15-9-17-27-26(22)33-20-12-5-2-6-13-20/h1-17H,18H2,(H,28,30)(H,29,31). The van der Waals surface area contributed by atoms with Crippen LogP contribution in [0.25, 0.3) is 11.1 Å². The van der Waals surface area contributed by atoms with Gasteiger partial charge in [-0.3, -0.25) is 20.4 Å². The molecule has 0 aliphatic carbocycles. The maximum absolute atomic E-state index is 12.7. The number of hydrazine groups is 1. The molecule has 4 aromatic rings. The third kappa shape index (κ3) is 5.99. The molecule has 3 aromatic carbocycles. The second kappa shape index (κ2) is 11.0. The third-order valence-electron chi connectivity index (χ3n) is 4.62. The van der Waals surface area contributed by atoms with Gasteiger partial charge in [-0.25, -0.2) is 4.98 Å². The van der Waals surface area contributed by atoms with E-state index in [-0.39, 0.29) is 6.61 Å². The molecule has 0 fully saturated rings. The summed E-state index contributed by atoms with van der Waals surface area (Å²) in [5.41, 5.74) is 7.07. The predicted octanol–water partition coefficient (Wildman–Crippen LogP) is 4.74. The zero-order valence-corrected chi connectivity index (χ0v) is 18.4. The SMILES string of the molecule is O=C(COc1ccccc1-c1ccccc1)NNC(=O)c1cccnc1Sc1ccccc1. The molecule has 0 aliphatic rings. The molecule has 0 saturated carbocycles. The summed E-state index contributed by atoms with van der Waals surface area (Å²) in [6.45, 7) is -0.247. The minimum absolute atomic E-state index is 0.247. The van der Waals surface area contributed by atoms with Crippen molar-refractivity contribution in [1.29, 1.82) is 0 Å². The van der Waals surface area contributed by atoms with E-state index >= 15 is 0 Å². The van der Waals surface area contributed by atoms with Gasteiger partial charge in [0.05, 0.1) is 5.56 Å². The molecule has 33 heavy (non-hydrogen) atoms. The molecular weight excluding hydrogens is 434 g/mol. The lowest BCUT2D eigenvalue weighted by atomic mass is 10.1. The van der Waals surface area contributed by atoms with Crippen LogP contribution in [-0.2, 0) is 4.79 Å². The van der Waals surface area contributed by atoms with Gasteiger partial charge in [0.2, 0.25) is 0 Å². The van der Waals surface area contributed by atoms with Crippen molar-refractivity contribution in [1.82, 2.24) is 15.8 Å². The number of hydrogen-bond acceptors (Lipinski definition) is 5. The Labute approximate surface area is 196 Å². The number of amides is 2. The molecule has 6 nitrogen and oxygen atoms in total. The monoisotopic (exact) mass is 455 g/mol. The predicted molar refractivity (Wildman–Crippen MR) is 128 cm³/mol. The number of aromatic nitrogens is 1. The summed E-state index contributed by atoms with van der Waals surface area (Å²) in [5, 5.41) is 0.545. The van der Waals surface area contributed by atoms with Crippen LogP contribution in [0.5, 0.6) is 5.75 Å². The van der Waals surface area contributed by atoms with E-state index in [0.29, 0.717) is 16.3 Å². The molecule has 0 saturated heterocycles. The van der Waals surface area contributed by atoms with Crippen LogP contribution in [0.3, 0.4) is 0 Å². The number of benzene rings is 3. The van der Waals surface area contributed by atoms with Crippen molar-refractivity contribution >= 4 is 23.6 Å². The fourth-order valence-corrected chi connectivity index (χ4v) is 3.97. The van der Waals surface area contributed by atoms with Crippen LogP contribution in [0, 0.1) is 0 Å². The Hall–Kier alpha value is -4.10. The van der Waals surface area contributed by atoms with E-state index in [0.717, 1.165) is 16.0 Å². The lowest BCUT2D eigenvalue weighted by Crippen LogP contribution is -2.44. The van der Waals surface area contributed by atoms with E-state index in [1.807, 2.05) is 78.9 Å². The van der Waals surface area contributed by atoms with E-state index in [4.69, 9.17) is 4.74 Å². The quantitative estimate of drug-likeness (QED) is 0.394. The van der Waals surface area contributed by atoms with Crippen LogP contribution in [0.4, 0.5) is 0 Å². The van der Waals surface area contributed by atoms with Gasteiger partial charge in [0.1, 0.15) is 10.8 Å². The molecule has 0 atom stereocenters. The molecule has 2 N–H and O–H groups in total. The van der Waals surface area contributed by atoms with Gasteiger partial charge >= 0.3 is 0 Å². The Morgan fingerprint density at radius 3 is 2.27 bits per heavy atom. The number of ether oxygens (including phenoxy) is 1. The van der Waals surface area contributed by atoms with Crippen LogP contribution in [-0.4, -0.2) is 23.4 Å². The van der Waals surface area contributed by atoms with Crippen LogP contribution in [0.1, 0.15) is 10.4 Å². The molecule has 0 radical (unpaired) electrons. The highest BCUT2D eigenvalue weighted by Crippen LogP contribution is 2.30. The first-order valence-electron chi connectivity index (χ1n) is 10.2. The zero-order valence-electron chi connectivity index (χ0n) is 17.6. The second-order valence-electron chi connectivity index (χ2n) is 6.92. The maximum Gasteiger partial charge on any atom is 0.276 e. The number of carbonyl (C=O) groups is 2. The van der Waals surface area contributed by atoms with Gasteiger partial charge in [-0.15, -0.1) is 0 Å². The van der Waals surface area contributed by atoms with Gasteiger partial charge in [0.25, 0.3) is 11.8 Å². The molecule has 4 rings (SSSR count). The molecule has 0 aliphatic heterocycles. The number of nitrogens with one attached hydrogen (secondary N) is 2. The van der Waals surface area contributed by atoms with Gasteiger partial charge in [0, 0.05) is 16.7 Å². The Balaban J connectivity index is 1.35. The molecule has 1 aromatic heterocycles. The molecule has 0 unspecified atom stereocenters. The molecular formula is C26H21N3O3S. The van der Waals surface area contributed by atoms with Gasteiger partial charge in [0.15, 0.2) is 6.61 Å². The summed E-state index contributed by atoms with van der Waals surface area (Å²) >= 11 is 1.37. The highest BCUT2D eigenvalue weighted by molar-refractivity contribution is 7.99. The topological polar surface area (TPSA) is 80.3 Å². The molecule has 7 heteroatoms. The first-order valence-corrected chi connectivity index (χ1v) is 11.1. The smallest absolute Gasteiger partial charge is 0.276 e. The van der Waals surface area contributed by atoms with Crippen LogP contribution in [0.2, 0.25) is 0 Å². The summed E-state index contributed by atoms with van der Waals surface area (Å²) < 4.78 is 5.71. The summed E-state index contributed by atoms with van der Waals surface area (Å²) in [6, 6.07) is 30.2. The fraction of sp³-hybridized carbons (Fsp3) is 0.0385. The lowest BCUT2D eigenvalue weighted by Gasteiger charge is -2.13. The Morgan fingerprint density at radius 1 is 0.788 bits per heavy atom. The second-order valence-corrected chi connectivity index (χ2v) is 7.99. The van der Waals surface area contributed by atoms with E-state index in [1.54, 1.807) is 24.4 Å². The normalized spacial score (nSPS) is 10.3. The van der Waals surface area contributed by atoms with Crippen molar-refractivity contribution in [3.05, 3.63) is 109 Å². The van der Waals surface area contributed by atoms with E-state index in [2.05, 4.69) is 15.8 Å². The summed E-state index contributed by atoms with van der Waals surface area (Å²) in [5.74, 6) is -0.356. The summed E-state index contributed by atoms with van der Waals surface area (Å²) in [4.78, 5) is 30.2. The number of pyridine rings is 1. The number of rotatable bonds is 7. The van der Waals surface area contributed by atoms with Gasteiger partial charge in [-0.05, 0) is 35.9 Å². The minimum atomic E-state index is -0.479. The van der Waals surface area contributed by atoms with Crippen molar-refractivity contribution in [2.24, 2.45) is 0 Å². The number of carbonyl (C=O) groups excluding carboxylic acids is 2. The number of hydrogen-bond donors (Lipinski definition) is 2. The minimum Gasteiger partial charge on any atom is -0.483 e. The van der Waals surface area contributed by atoms with Gasteiger partial charge in [-0.1, -0.05) is 78.5 Å². The average Bonchev–Trinajstić information content (AvgIpc) is 2.87. The van der Waals surface area contributed by atoms with E-state index in [9.17, 15) is 9.59 Å². The lowest BCUT2D eigenvalue weighted by molar-refractivity contribution is -0.123. The highest BCUT2D eigenvalue weighted by atomic mass is 32.2. The average molecular weight is 456 g/mol. The van der Waals surface area contributed by atoms with Gasteiger partial charge < -0.3 is 4.74 Å². The van der Waals surface area contributed by atoms with Crippen molar-refractivity contribution in [3.63, 3.8) is 0 Å². The Bertz CT molecular complexity index is 1230. The fourth-order valence-electron chi connectivity index (χ4n) is 3.07.